The summed E-state index contributed by atoms with van der Waals surface area (Å²) in [5.74, 6) is -0.555. The molecule has 0 aliphatic heterocycles. The van der Waals surface area contributed by atoms with Crippen LogP contribution in [0.5, 0.6) is 5.75 Å². The van der Waals surface area contributed by atoms with Crippen LogP contribution in [0.1, 0.15) is 27.2 Å². The van der Waals surface area contributed by atoms with Crippen molar-refractivity contribution in [1.82, 2.24) is 15.1 Å². The number of hydrogen-bond donors (Lipinski definition) is 1. The van der Waals surface area contributed by atoms with E-state index in [2.05, 4.69) is 10.4 Å². The van der Waals surface area contributed by atoms with Gasteiger partial charge < -0.3 is 10.1 Å². The van der Waals surface area contributed by atoms with Gasteiger partial charge in [-0.1, -0.05) is 30.3 Å². The monoisotopic (exact) mass is 467 g/mol. The van der Waals surface area contributed by atoms with E-state index in [9.17, 15) is 26.4 Å². The van der Waals surface area contributed by atoms with Crippen LogP contribution in [0, 0.1) is 0 Å². The van der Waals surface area contributed by atoms with Gasteiger partial charge >= 0.3 is 6.18 Å². The van der Waals surface area contributed by atoms with Gasteiger partial charge in [0.1, 0.15) is 0 Å². The fourth-order valence-electron chi connectivity index (χ4n) is 2.94. The fraction of sp³-hybridized carbons (Fsp3) is 0.238. The van der Waals surface area contributed by atoms with Gasteiger partial charge in [-0.25, -0.2) is 13.1 Å². The summed E-state index contributed by atoms with van der Waals surface area (Å²) in [6, 6.07) is 11.3. The predicted molar refractivity (Wildman–Crippen MR) is 111 cm³/mol. The largest absolute Gasteiger partial charge is 0.493 e. The normalized spacial score (nSPS) is 11.9. The number of nitrogens with one attached hydrogen (secondary N) is 1. The molecule has 1 amide bonds. The van der Waals surface area contributed by atoms with Crippen LogP contribution in [-0.4, -0.2) is 37.5 Å². The highest BCUT2D eigenvalue weighted by Crippen LogP contribution is 2.30. The minimum atomic E-state index is -4.51. The highest BCUT2D eigenvalue weighted by atomic mass is 32.2. The summed E-state index contributed by atoms with van der Waals surface area (Å²) in [4.78, 5) is 12.6. The molecule has 0 radical (unpaired) electrons. The Morgan fingerprint density at radius 3 is 2.38 bits per heavy atom. The highest BCUT2D eigenvalue weighted by Gasteiger charge is 2.30. The molecule has 0 atom stereocenters. The molecule has 0 aliphatic rings. The zero-order valence-electron chi connectivity index (χ0n) is 17.2. The number of sulfone groups is 1. The Bertz CT molecular complexity index is 1220. The van der Waals surface area contributed by atoms with Gasteiger partial charge in [-0.15, -0.1) is 0 Å². The number of ether oxygens (including phenoxy) is 1. The van der Waals surface area contributed by atoms with Gasteiger partial charge in [-0.05, 0) is 29.3 Å². The Morgan fingerprint density at radius 2 is 1.78 bits per heavy atom. The number of aromatic nitrogens is 2. The first-order chi connectivity index (χ1) is 15.0. The van der Waals surface area contributed by atoms with Crippen LogP contribution < -0.4 is 10.1 Å². The maximum absolute atomic E-state index is 13.0. The van der Waals surface area contributed by atoms with Crippen molar-refractivity contribution in [3.8, 4) is 11.4 Å². The van der Waals surface area contributed by atoms with Gasteiger partial charge in [0.05, 0.1) is 30.3 Å². The van der Waals surface area contributed by atoms with E-state index in [1.807, 2.05) is 0 Å². The number of benzene rings is 2. The van der Waals surface area contributed by atoms with Crippen molar-refractivity contribution >= 4 is 15.7 Å². The van der Waals surface area contributed by atoms with Crippen molar-refractivity contribution in [2.24, 2.45) is 0 Å². The number of alkyl halides is 3. The molecule has 3 aromatic rings. The fourth-order valence-corrected chi connectivity index (χ4v) is 3.74. The number of halogens is 3. The predicted octanol–water partition coefficient (Wildman–Crippen LogP) is 3.37. The Kier molecular flexibility index (Phi) is 6.58. The molecule has 0 aliphatic carbocycles. The topological polar surface area (TPSA) is 90.3 Å². The molecule has 0 saturated carbocycles. The zero-order chi connectivity index (χ0) is 23.5. The molecule has 3 rings (SSSR count). The van der Waals surface area contributed by atoms with Gasteiger partial charge in [0.25, 0.3) is 5.91 Å². The molecule has 0 saturated heterocycles. The smallest absolute Gasteiger partial charge is 0.416 e. The van der Waals surface area contributed by atoms with E-state index < -0.39 is 27.5 Å². The van der Waals surface area contributed by atoms with Crippen molar-refractivity contribution in [1.29, 1.82) is 0 Å². The number of carbonyl (C=O) groups excluding carboxylic acids is 1. The number of amides is 1. The van der Waals surface area contributed by atoms with Crippen molar-refractivity contribution < 1.29 is 31.1 Å². The van der Waals surface area contributed by atoms with E-state index in [4.69, 9.17) is 4.74 Å². The van der Waals surface area contributed by atoms with Crippen molar-refractivity contribution in [2.75, 3.05) is 13.4 Å². The lowest BCUT2D eigenvalue weighted by atomic mass is 10.1. The van der Waals surface area contributed by atoms with E-state index in [0.717, 1.165) is 28.6 Å². The molecule has 0 spiro atoms. The molecular weight excluding hydrogens is 447 g/mol. The first-order valence-electron chi connectivity index (χ1n) is 9.31. The molecule has 1 N–H and O–H groups in total. The maximum atomic E-state index is 13.0. The average molecular weight is 467 g/mol. The lowest BCUT2D eigenvalue weighted by molar-refractivity contribution is -0.137. The van der Waals surface area contributed by atoms with Crippen molar-refractivity contribution in [3.63, 3.8) is 0 Å². The number of methoxy groups -OCH3 is 1. The van der Waals surface area contributed by atoms with E-state index in [0.29, 0.717) is 5.56 Å². The summed E-state index contributed by atoms with van der Waals surface area (Å²) in [5, 5.41) is 6.75. The molecule has 0 fully saturated rings. The van der Waals surface area contributed by atoms with Gasteiger partial charge in [-0.3, -0.25) is 4.79 Å². The highest BCUT2D eigenvalue weighted by molar-refractivity contribution is 7.89. The second kappa shape index (κ2) is 9.03. The van der Waals surface area contributed by atoms with E-state index >= 15 is 0 Å². The number of rotatable bonds is 7. The molecule has 0 bridgehead atoms. The van der Waals surface area contributed by atoms with Crippen LogP contribution in [0.3, 0.4) is 0 Å². The zero-order valence-corrected chi connectivity index (χ0v) is 18.0. The van der Waals surface area contributed by atoms with Crippen molar-refractivity contribution in [3.05, 3.63) is 77.1 Å². The third-order valence-corrected chi connectivity index (χ3v) is 5.32. The summed E-state index contributed by atoms with van der Waals surface area (Å²) >= 11 is 0. The summed E-state index contributed by atoms with van der Waals surface area (Å²) in [6.07, 6.45) is -2.04. The molecule has 2 aromatic carbocycles. The maximum Gasteiger partial charge on any atom is 0.416 e. The Hall–Kier alpha value is -3.34. The quantitative estimate of drug-likeness (QED) is 0.576. The van der Waals surface area contributed by atoms with Gasteiger partial charge in [0.15, 0.2) is 21.3 Å². The van der Waals surface area contributed by atoms with Crippen LogP contribution in [0.15, 0.2) is 54.7 Å². The number of hydrogen-bond acceptors (Lipinski definition) is 5. The third kappa shape index (κ3) is 5.88. The van der Waals surface area contributed by atoms with E-state index in [1.165, 1.54) is 25.4 Å². The number of carbonyl (C=O) groups is 1. The van der Waals surface area contributed by atoms with E-state index in [1.54, 1.807) is 24.3 Å². The van der Waals surface area contributed by atoms with Crippen LogP contribution in [0.4, 0.5) is 13.2 Å². The lowest BCUT2D eigenvalue weighted by Gasteiger charge is -2.08. The lowest BCUT2D eigenvalue weighted by Crippen LogP contribution is -2.24. The summed E-state index contributed by atoms with van der Waals surface area (Å²) in [7, 11) is -1.82. The third-order valence-electron chi connectivity index (χ3n) is 4.46. The minimum absolute atomic E-state index is 0.0796. The van der Waals surface area contributed by atoms with Crippen LogP contribution in [0.2, 0.25) is 0 Å². The molecule has 1 aromatic heterocycles. The Morgan fingerprint density at radius 1 is 1.12 bits per heavy atom. The standard InChI is InChI=1S/C21H20F3N3O4S/c1-31-18-12-27(17-5-3-4-16(10-17)21(22,23)24)26-19(18)20(28)25-11-14-6-8-15(9-7-14)13-32(2,29)30/h3-10,12H,11,13H2,1-2H3,(H,25,28). The molecule has 170 valence electrons. The van der Waals surface area contributed by atoms with Gasteiger partial charge in [-0.2, -0.15) is 18.3 Å². The van der Waals surface area contributed by atoms with Crippen molar-refractivity contribution in [2.45, 2.75) is 18.5 Å². The van der Waals surface area contributed by atoms with Gasteiger partial charge in [0.2, 0.25) is 0 Å². The van der Waals surface area contributed by atoms with Crippen LogP contribution in [0.25, 0.3) is 5.69 Å². The van der Waals surface area contributed by atoms with E-state index in [-0.39, 0.29) is 29.4 Å². The van der Waals surface area contributed by atoms with Gasteiger partial charge in [0, 0.05) is 12.8 Å². The van der Waals surface area contributed by atoms with Crippen LogP contribution in [-0.2, 0) is 28.3 Å². The molecule has 11 heteroatoms. The first kappa shape index (κ1) is 23.3. The Balaban J connectivity index is 1.74. The second-order valence-electron chi connectivity index (χ2n) is 7.11. The SMILES string of the molecule is COc1cn(-c2cccc(C(F)(F)F)c2)nc1C(=O)NCc1ccc(CS(C)(=O)=O)cc1. The Labute approximate surface area is 182 Å². The molecule has 32 heavy (non-hydrogen) atoms. The molecule has 7 nitrogen and oxygen atoms in total. The molecule has 0 unspecified atom stereocenters. The molecule has 1 heterocycles. The first-order valence-corrected chi connectivity index (χ1v) is 11.4. The second-order valence-corrected chi connectivity index (χ2v) is 9.25. The molecular formula is C21H20F3N3O4S. The number of nitrogens with zero attached hydrogens (tertiary/aromatic N) is 2. The minimum Gasteiger partial charge on any atom is -0.493 e. The van der Waals surface area contributed by atoms with Crippen LogP contribution >= 0.6 is 0 Å². The summed E-state index contributed by atoms with van der Waals surface area (Å²) in [6.45, 7) is 0.136. The average Bonchev–Trinajstić information content (AvgIpc) is 3.16. The summed E-state index contributed by atoms with van der Waals surface area (Å²) < 4.78 is 68.0. The summed E-state index contributed by atoms with van der Waals surface area (Å²) in [5.41, 5.74) is 0.558.